The van der Waals surface area contributed by atoms with Gasteiger partial charge in [0, 0.05) is 24.9 Å². The zero-order valence-electron chi connectivity index (χ0n) is 11.8. The molecule has 0 saturated heterocycles. The minimum Gasteiger partial charge on any atom is -0.490 e. The van der Waals surface area contributed by atoms with E-state index in [4.69, 9.17) is 9.47 Å². The first kappa shape index (κ1) is 16.6. The van der Waals surface area contributed by atoms with Crippen molar-refractivity contribution in [3.05, 3.63) is 30.3 Å². The minimum absolute atomic E-state index is 0.169. The van der Waals surface area contributed by atoms with Gasteiger partial charge in [-0.3, -0.25) is 9.59 Å². The topological polar surface area (TPSA) is 52.6 Å². The number of rotatable bonds is 9. The Labute approximate surface area is 123 Å². The van der Waals surface area contributed by atoms with Gasteiger partial charge in [0.15, 0.2) is 0 Å². The molecule has 0 amide bonds. The Kier molecular flexibility index (Phi) is 7.80. The lowest BCUT2D eigenvalue weighted by atomic mass is 10.3. The van der Waals surface area contributed by atoms with Gasteiger partial charge < -0.3 is 9.47 Å². The van der Waals surface area contributed by atoms with Crippen LogP contribution in [-0.2, 0) is 14.3 Å². The van der Waals surface area contributed by atoms with E-state index in [-0.39, 0.29) is 17.9 Å². The highest BCUT2D eigenvalue weighted by Crippen LogP contribution is 2.12. The van der Waals surface area contributed by atoms with Crippen molar-refractivity contribution in [2.45, 2.75) is 26.4 Å². The number of carbonyl (C=O) groups is 2. The molecule has 0 fully saturated rings. The fourth-order valence-corrected chi connectivity index (χ4v) is 2.51. The van der Waals surface area contributed by atoms with Crippen LogP contribution in [0, 0.1) is 0 Å². The van der Waals surface area contributed by atoms with E-state index < -0.39 is 0 Å². The van der Waals surface area contributed by atoms with Crippen LogP contribution in [0.4, 0.5) is 0 Å². The molecule has 20 heavy (non-hydrogen) atoms. The summed E-state index contributed by atoms with van der Waals surface area (Å²) in [5, 5.41) is 0. The summed E-state index contributed by atoms with van der Waals surface area (Å²) in [5.74, 6) is 1.96. The maximum Gasteiger partial charge on any atom is 0.303 e. The molecule has 0 aliphatic carbocycles. The second-order valence-electron chi connectivity index (χ2n) is 4.38. The predicted octanol–water partition coefficient (Wildman–Crippen LogP) is 2.71. The smallest absolute Gasteiger partial charge is 0.303 e. The van der Waals surface area contributed by atoms with Crippen molar-refractivity contribution in [2.24, 2.45) is 0 Å². The fourth-order valence-electron chi connectivity index (χ4n) is 1.49. The number of thioether (sulfide) groups is 1. The molecule has 0 aromatic heterocycles. The van der Waals surface area contributed by atoms with Crippen LogP contribution in [0.1, 0.15) is 20.3 Å². The number of esters is 1. The highest BCUT2D eigenvalue weighted by molar-refractivity contribution is 7.99. The van der Waals surface area contributed by atoms with E-state index in [1.165, 1.54) is 6.92 Å². The van der Waals surface area contributed by atoms with Gasteiger partial charge in [-0.2, -0.15) is 11.8 Å². The average molecular weight is 296 g/mol. The van der Waals surface area contributed by atoms with Crippen molar-refractivity contribution in [1.29, 1.82) is 0 Å². The first-order valence-electron chi connectivity index (χ1n) is 6.50. The number of Topliss-reactive ketones (excluding diaryl/α,β-unsaturated/α-hetero) is 1. The second kappa shape index (κ2) is 9.42. The van der Waals surface area contributed by atoms with Crippen LogP contribution in [0.15, 0.2) is 30.3 Å². The van der Waals surface area contributed by atoms with Crippen molar-refractivity contribution in [3.63, 3.8) is 0 Å². The molecule has 0 bridgehead atoms. The molecule has 0 radical (unpaired) electrons. The molecule has 0 N–H and O–H groups in total. The number of hydrogen-bond acceptors (Lipinski definition) is 5. The van der Waals surface area contributed by atoms with Gasteiger partial charge in [-0.05, 0) is 19.1 Å². The van der Waals surface area contributed by atoms with Crippen LogP contribution in [-0.4, -0.2) is 36.0 Å². The van der Waals surface area contributed by atoms with Crippen molar-refractivity contribution >= 4 is 23.5 Å². The SMILES string of the molecule is CC(=O)CCSCC(COc1ccccc1)OC(C)=O. The summed E-state index contributed by atoms with van der Waals surface area (Å²) in [6.45, 7) is 3.27. The molecule has 0 aliphatic rings. The maximum atomic E-state index is 11.1. The van der Waals surface area contributed by atoms with Gasteiger partial charge >= 0.3 is 5.97 Å². The van der Waals surface area contributed by atoms with E-state index in [1.807, 2.05) is 30.3 Å². The third-order valence-electron chi connectivity index (χ3n) is 2.41. The number of ether oxygens (including phenoxy) is 2. The molecule has 0 saturated carbocycles. The molecule has 1 aromatic rings. The molecule has 110 valence electrons. The standard InChI is InChI=1S/C15H20O4S/c1-12(16)8-9-20-11-15(19-13(2)17)10-18-14-6-4-3-5-7-14/h3-7,15H,8-11H2,1-2H3. The Morgan fingerprint density at radius 1 is 1.20 bits per heavy atom. The van der Waals surface area contributed by atoms with Crippen LogP contribution in [0.3, 0.4) is 0 Å². The molecule has 0 spiro atoms. The molecule has 1 atom stereocenters. The second-order valence-corrected chi connectivity index (χ2v) is 5.53. The van der Waals surface area contributed by atoms with E-state index in [1.54, 1.807) is 18.7 Å². The highest BCUT2D eigenvalue weighted by Gasteiger charge is 2.13. The average Bonchev–Trinajstić information content (AvgIpc) is 2.41. The molecule has 0 aliphatic heterocycles. The summed E-state index contributed by atoms with van der Waals surface area (Å²) in [6, 6.07) is 9.39. The largest absolute Gasteiger partial charge is 0.490 e. The van der Waals surface area contributed by atoms with Gasteiger partial charge in [-0.25, -0.2) is 0 Å². The van der Waals surface area contributed by atoms with Gasteiger partial charge in [0.05, 0.1) is 0 Å². The van der Waals surface area contributed by atoms with Crippen LogP contribution >= 0.6 is 11.8 Å². The number of carbonyl (C=O) groups excluding carboxylic acids is 2. The van der Waals surface area contributed by atoms with Crippen molar-refractivity contribution in [2.75, 3.05) is 18.1 Å². The zero-order valence-corrected chi connectivity index (χ0v) is 12.7. The molecule has 4 nitrogen and oxygen atoms in total. The number of ketones is 1. The van der Waals surface area contributed by atoms with Crippen LogP contribution in [0.5, 0.6) is 5.75 Å². The van der Waals surface area contributed by atoms with E-state index in [0.29, 0.717) is 18.8 Å². The Morgan fingerprint density at radius 3 is 2.50 bits per heavy atom. The Hall–Kier alpha value is -1.49. The van der Waals surface area contributed by atoms with Gasteiger partial charge in [0.1, 0.15) is 24.2 Å². The van der Waals surface area contributed by atoms with E-state index in [2.05, 4.69) is 0 Å². The van der Waals surface area contributed by atoms with Crippen molar-refractivity contribution in [1.82, 2.24) is 0 Å². The molecule has 1 aromatic carbocycles. The number of para-hydroxylation sites is 1. The molecule has 0 heterocycles. The van der Waals surface area contributed by atoms with E-state index in [0.717, 1.165) is 11.5 Å². The minimum atomic E-state index is -0.321. The third-order valence-corrected chi connectivity index (χ3v) is 3.51. The first-order valence-corrected chi connectivity index (χ1v) is 7.65. The van der Waals surface area contributed by atoms with Crippen LogP contribution < -0.4 is 4.74 Å². The van der Waals surface area contributed by atoms with Crippen LogP contribution in [0.2, 0.25) is 0 Å². The normalized spacial score (nSPS) is 11.7. The van der Waals surface area contributed by atoms with Gasteiger partial charge in [-0.15, -0.1) is 0 Å². The summed E-state index contributed by atoms with van der Waals surface area (Å²) in [6.07, 6.45) is 0.237. The van der Waals surface area contributed by atoms with Gasteiger partial charge in [0.2, 0.25) is 0 Å². The monoisotopic (exact) mass is 296 g/mol. The van der Waals surface area contributed by atoms with Gasteiger partial charge in [0.25, 0.3) is 0 Å². The highest BCUT2D eigenvalue weighted by atomic mass is 32.2. The van der Waals surface area contributed by atoms with E-state index >= 15 is 0 Å². The summed E-state index contributed by atoms with van der Waals surface area (Å²) in [4.78, 5) is 21.9. The lowest BCUT2D eigenvalue weighted by molar-refractivity contribution is -0.146. The third kappa shape index (κ3) is 7.84. The fraction of sp³-hybridized carbons (Fsp3) is 0.467. The Morgan fingerprint density at radius 2 is 1.90 bits per heavy atom. The van der Waals surface area contributed by atoms with Crippen molar-refractivity contribution < 1.29 is 19.1 Å². The molecular formula is C15H20O4S. The quantitative estimate of drug-likeness (QED) is 0.518. The molecular weight excluding hydrogens is 276 g/mol. The summed E-state index contributed by atoms with van der Waals surface area (Å²) in [5.41, 5.74) is 0. The lowest BCUT2D eigenvalue weighted by Crippen LogP contribution is -2.26. The molecule has 5 heteroatoms. The van der Waals surface area contributed by atoms with Gasteiger partial charge in [-0.1, -0.05) is 18.2 Å². The molecule has 1 rings (SSSR count). The predicted molar refractivity (Wildman–Crippen MR) is 80.1 cm³/mol. The van der Waals surface area contributed by atoms with Crippen LogP contribution in [0.25, 0.3) is 0 Å². The zero-order chi connectivity index (χ0) is 14.8. The van der Waals surface area contributed by atoms with Crippen molar-refractivity contribution in [3.8, 4) is 5.75 Å². The first-order chi connectivity index (χ1) is 9.58. The Bertz CT molecular complexity index is 419. The molecule has 1 unspecified atom stereocenters. The summed E-state index contributed by atoms with van der Waals surface area (Å²) in [7, 11) is 0. The Balaban J connectivity index is 2.35. The maximum absolute atomic E-state index is 11.1. The summed E-state index contributed by atoms with van der Waals surface area (Å²) >= 11 is 1.59. The van der Waals surface area contributed by atoms with E-state index in [9.17, 15) is 9.59 Å². The number of benzene rings is 1. The summed E-state index contributed by atoms with van der Waals surface area (Å²) < 4.78 is 10.8. The number of hydrogen-bond donors (Lipinski definition) is 0. The lowest BCUT2D eigenvalue weighted by Gasteiger charge is -2.17.